The predicted molar refractivity (Wildman–Crippen MR) is 178 cm³/mol. The van der Waals surface area contributed by atoms with Crippen LogP contribution in [-0.2, 0) is 11.2 Å². The number of H-pyrrole nitrogens is 1. The number of nitrogens with one attached hydrogen (secondary N) is 1. The summed E-state index contributed by atoms with van der Waals surface area (Å²) in [7, 11) is 1.47. The standard InChI is InChI=1S/C36H56ClN3O5/c1-20-17-25(35(2,3)4)30(26(18-20)36(5,6)7)45-32(42)29-28(22-11-13-23(37)14-12-22)27(19-21-9-15-24(41)16-10-21)40-31(29)38-33(44-8)39-34(40)43/h20-26,30,41H,9-19H2,1-8H3,(H,38,39,43). The van der Waals surface area contributed by atoms with Gasteiger partial charge in [0.2, 0.25) is 0 Å². The van der Waals surface area contributed by atoms with Gasteiger partial charge < -0.3 is 14.6 Å². The number of carbonyl (C=O) groups is 1. The molecule has 0 aromatic carbocycles. The highest BCUT2D eigenvalue weighted by molar-refractivity contribution is 6.20. The fourth-order valence-corrected chi connectivity index (χ4v) is 8.93. The average molecular weight is 646 g/mol. The molecule has 252 valence electrons. The van der Waals surface area contributed by atoms with Crippen molar-refractivity contribution in [1.29, 1.82) is 0 Å². The van der Waals surface area contributed by atoms with E-state index in [4.69, 9.17) is 26.1 Å². The van der Waals surface area contributed by atoms with Crippen LogP contribution in [0.5, 0.6) is 6.01 Å². The number of methoxy groups -OCH3 is 1. The Labute approximate surface area is 274 Å². The zero-order chi connectivity index (χ0) is 32.8. The highest BCUT2D eigenvalue weighted by Gasteiger charge is 2.48. The molecule has 0 radical (unpaired) electrons. The number of halogens is 1. The van der Waals surface area contributed by atoms with Crippen molar-refractivity contribution in [2.24, 2.45) is 34.5 Å². The van der Waals surface area contributed by atoms with E-state index in [1.54, 1.807) is 4.40 Å². The Morgan fingerprint density at radius 1 is 0.978 bits per heavy atom. The second-order valence-electron chi connectivity index (χ2n) is 16.7. The summed E-state index contributed by atoms with van der Waals surface area (Å²) in [6, 6.07) is 0.0778. The lowest BCUT2D eigenvalue weighted by Crippen LogP contribution is -2.49. The van der Waals surface area contributed by atoms with Gasteiger partial charge in [-0.05, 0) is 105 Å². The SMILES string of the molecule is COc1nc2c(C(=O)OC3C(C(C)(C)C)CC(C)CC3C(C)(C)C)c(C3CCC(Cl)CC3)c(CC3CCC(O)CC3)n2c(=O)[nH]1. The molecular formula is C36H56ClN3O5. The molecule has 3 aliphatic rings. The lowest BCUT2D eigenvalue weighted by molar-refractivity contribution is -0.0923. The minimum atomic E-state index is -0.385. The zero-order valence-electron chi connectivity index (χ0n) is 28.7. The lowest BCUT2D eigenvalue weighted by Gasteiger charge is -2.50. The molecule has 2 N–H and O–H groups in total. The number of fused-ring (bicyclic) bond motifs is 1. The first-order chi connectivity index (χ1) is 21.1. The van der Waals surface area contributed by atoms with Crippen LogP contribution in [0, 0.1) is 34.5 Å². The van der Waals surface area contributed by atoms with Gasteiger partial charge in [0.1, 0.15) is 11.7 Å². The normalized spacial score (nSPS) is 31.6. The van der Waals surface area contributed by atoms with E-state index in [-0.39, 0.29) is 63.8 Å². The molecule has 5 rings (SSSR count). The number of hydrogen-bond donors (Lipinski definition) is 2. The molecule has 3 fully saturated rings. The number of alkyl halides is 1. The number of aliphatic hydroxyl groups excluding tert-OH is 1. The fraction of sp³-hybridized carbons (Fsp3) is 0.806. The molecule has 0 amide bonds. The number of carbonyl (C=O) groups excluding carboxylic acids is 1. The van der Waals surface area contributed by atoms with Crippen LogP contribution < -0.4 is 10.4 Å². The maximum absolute atomic E-state index is 14.9. The Morgan fingerprint density at radius 3 is 2.09 bits per heavy atom. The summed E-state index contributed by atoms with van der Waals surface area (Å²) in [6.07, 6.45) is 8.76. The first-order valence-corrected chi connectivity index (χ1v) is 17.8. The van der Waals surface area contributed by atoms with E-state index in [2.05, 4.69) is 53.5 Å². The van der Waals surface area contributed by atoms with E-state index in [1.807, 2.05) is 0 Å². The molecule has 0 bridgehead atoms. The molecule has 0 saturated heterocycles. The maximum atomic E-state index is 14.9. The second kappa shape index (κ2) is 13.2. The van der Waals surface area contributed by atoms with Gasteiger partial charge in [0.15, 0.2) is 5.65 Å². The summed E-state index contributed by atoms with van der Waals surface area (Å²) in [5, 5.41) is 10.3. The Morgan fingerprint density at radius 2 is 1.56 bits per heavy atom. The molecule has 9 heteroatoms. The summed E-state index contributed by atoms with van der Waals surface area (Å²) in [5.41, 5.74) is 2.03. The Kier molecular flexibility index (Phi) is 10.1. The zero-order valence-corrected chi connectivity index (χ0v) is 29.5. The highest BCUT2D eigenvalue weighted by atomic mass is 35.5. The minimum absolute atomic E-state index is 0.0527. The van der Waals surface area contributed by atoms with Crippen LogP contribution in [0.2, 0.25) is 0 Å². The molecule has 2 aromatic rings. The Bertz CT molecular complexity index is 1380. The molecule has 3 saturated carbocycles. The molecule has 2 unspecified atom stereocenters. The molecule has 45 heavy (non-hydrogen) atoms. The summed E-state index contributed by atoms with van der Waals surface area (Å²) in [6.45, 7) is 15.9. The maximum Gasteiger partial charge on any atom is 0.342 e. The van der Waals surface area contributed by atoms with Gasteiger partial charge in [0, 0.05) is 22.9 Å². The van der Waals surface area contributed by atoms with Gasteiger partial charge >= 0.3 is 11.7 Å². The van der Waals surface area contributed by atoms with Crippen molar-refractivity contribution in [1.82, 2.24) is 14.4 Å². The monoisotopic (exact) mass is 645 g/mol. The topological polar surface area (TPSA) is 106 Å². The van der Waals surface area contributed by atoms with Crippen LogP contribution in [0.4, 0.5) is 0 Å². The number of rotatable bonds is 6. The van der Waals surface area contributed by atoms with Gasteiger partial charge in [0.05, 0.1) is 13.2 Å². The van der Waals surface area contributed by atoms with E-state index >= 15 is 0 Å². The molecule has 2 aromatic heterocycles. The molecule has 8 nitrogen and oxygen atoms in total. The van der Waals surface area contributed by atoms with Crippen molar-refractivity contribution >= 4 is 23.2 Å². The van der Waals surface area contributed by atoms with Crippen molar-refractivity contribution < 1.29 is 19.4 Å². The van der Waals surface area contributed by atoms with Crippen LogP contribution in [0.15, 0.2) is 4.79 Å². The molecule has 3 aliphatic carbocycles. The average Bonchev–Trinajstić information content (AvgIpc) is 3.28. The quantitative estimate of drug-likeness (QED) is 0.247. The van der Waals surface area contributed by atoms with E-state index in [0.29, 0.717) is 29.5 Å². The first kappa shape index (κ1) is 34.3. The number of nitrogens with zero attached hydrogens (tertiary/aromatic N) is 2. The third-order valence-electron chi connectivity index (χ3n) is 11.2. The summed E-state index contributed by atoms with van der Waals surface area (Å²) in [5.74, 6) is 0.909. The molecule has 2 heterocycles. The van der Waals surface area contributed by atoms with Crippen LogP contribution >= 0.6 is 11.6 Å². The highest BCUT2D eigenvalue weighted by Crippen LogP contribution is 2.50. The molecule has 0 aliphatic heterocycles. The van der Waals surface area contributed by atoms with Crippen molar-refractivity contribution in [3.05, 3.63) is 27.3 Å². The number of ether oxygens (including phenoxy) is 2. The number of aliphatic hydroxyl groups is 1. The van der Waals surface area contributed by atoms with Gasteiger partial charge in [-0.1, -0.05) is 48.5 Å². The Hall–Kier alpha value is -2.06. The van der Waals surface area contributed by atoms with Crippen LogP contribution in [0.3, 0.4) is 0 Å². The number of aromatic amines is 1. The summed E-state index contributed by atoms with van der Waals surface area (Å²) in [4.78, 5) is 36.1. The lowest BCUT2D eigenvalue weighted by atomic mass is 9.59. The van der Waals surface area contributed by atoms with Crippen molar-refractivity contribution in [2.45, 2.75) is 143 Å². The van der Waals surface area contributed by atoms with Crippen molar-refractivity contribution in [3.63, 3.8) is 0 Å². The van der Waals surface area contributed by atoms with Crippen LogP contribution in [0.25, 0.3) is 5.65 Å². The van der Waals surface area contributed by atoms with Crippen LogP contribution in [0.1, 0.15) is 140 Å². The summed E-state index contributed by atoms with van der Waals surface area (Å²) < 4.78 is 13.8. The van der Waals surface area contributed by atoms with Crippen molar-refractivity contribution in [3.8, 4) is 6.01 Å². The predicted octanol–water partition coefficient (Wildman–Crippen LogP) is 7.67. The number of aromatic nitrogens is 3. The largest absolute Gasteiger partial charge is 0.468 e. The fourth-order valence-electron chi connectivity index (χ4n) is 8.68. The smallest absolute Gasteiger partial charge is 0.342 e. The third kappa shape index (κ3) is 7.27. The van der Waals surface area contributed by atoms with Crippen molar-refractivity contribution in [2.75, 3.05) is 7.11 Å². The van der Waals surface area contributed by atoms with E-state index in [0.717, 1.165) is 75.5 Å². The van der Waals surface area contributed by atoms with Gasteiger partial charge in [-0.2, -0.15) is 4.98 Å². The second-order valence-corrected chi connectivity index (χ2v) is 17.3. The Balaban J connectivity index is 1.67. The summed E-state index contributed by atoms with van der Waals surface area (Å²) >= 11 is 6.58. The van der Waals surface area contributed by atoms with E-state index in [9.17, 15) is 14.7 Å². The number of hydrogen-bond acceptors (Lipinski definition) is 6. The molecule has 2 atom stereocenters. The molecule has 0 spiro atoms. The third-order valence-corrected chi connectivity index (χ3v) is 11.7. The van der Waals surface area contributed by atoms with Gasteiger partial charge in [-0.25, -0.2) is 14.0 Å². The minimum Gasteiger partial charge on any atom is -0.468 e. The molecular weight excluding hydrogens is 590 g/mol. The van der Waals surface area contributed by atoms with E-state index < -0.39 is 0 Å². The number of esters is 1. The van der Waals surface area contributed by atoms with Crippen LogP contribution in [-0.4, -0.2) is 50.1 Å². The van der Waals surface area contributed by atoms with Gasteiger partial charge in [0.25, 0.3) is 6.01 Å². The van der Waals surface area contributed by atoms with E-state index in [1.165, 1.54) is 7.11 Å². The first-order valence-electron chi connectivity index (χ1n) is 17.3. The van der Waals surface area contributed by atoms with Gasteiger partial charge in [-0.3, -0.25) is 4.98 Å². The van der Waals surface area contributed by atoms with Gasteiger partial charge in [-0.15, -0.1) is 11.6 Å².